The van der Waals surface area contributed by atoms with E-state index in [1.807, 2.05) is 116 Å². The van der Waals surface area contributed by atoms with E-state index in [0.717, 1.165) is 61.3 Å². The fourth-order valence-corrected chi connectivity index (χ4v) is 7.67. The number of imidazole rings is 1. The van der Waals surface area contributed by atoms with Crippen molar-refractivity contribution < 1.29 is 9.22 Å². The highest BCUT2D eigenvalue weighted by molar-refractivity contribution is 5.98. The monoisotopic (exact) mass is 726 g/mol. The van der Waals surface area contributed by atoms with E-state index in [-0.39, 0.29) is 11.3 Å². The lowest BCUT2D eigenvalue weighted by Crippen LogP contribution is -2.01. The summed E-state index contributed by atoms with van der Waals surface area (Å²) in [4.78, 5) is 10.2. The molecule has 0 atom stereocenters. The van der Waals surface area contributed by atoms with E-state index in [1.54, 1.807) is 6.07 Å². The molecule has 0 aliphatic heterocycles. The van der Waals surface area contributed by atoms with Crippen LogP contribution in [0.5, 0.6) is 5.75 Å². The Morgan fingerprint density at radius 3 is 1.91 bits per heavy atom. The number of aromatic hydroxyl groups is 1. The number of rotatable bonds is 7. The predicted octanol–water partition coefficient (Wildman–Crippen LogP) is 13.4. The van der Waals surface area contributed by atoms with Crippen molar-refractivity contribution in [3.8, 4) is 78.6 Å². The van der Waals surface area contributed by atoms with Crippen molar-refractivity contribution >= 4 is 11.0 Å². The molecule has 0 aliphatic carbocycles. The van der Waals surface area contributed by atoms with Gasteiger partial charge >= 0.3 is 0 Å². The minimum atomic E-state index is -2.46. The molecule has 0 bridgehead atoms. The molecule has 0 radical (unpaired) electrons. The topological polar surface area (TPSA) is 50.9 Å². The van der Waals surface area contributed by atoms with Crippen LogP contribution in [0.4, 0.5) is 0 Å². The van der Waals surface area contributed by atoms with Crippen molar-refractivity contribution in [1.82, 2.24) is 14.5 Å². The number of phenolic OH excluding ortho intramolecular Hbond substituents is 1. The first-order valence-corrected chi connectivity index (χ1v) is 18.8. The molecule has 9 rings (SSSR count). The first-order valence-electron chi connectivity index (χ1n) is 20.3. The molecule has 4 heteroatoms. The van der Waals surface area contributed by atoms with Crippen molar-refractivity contribution in [3.63, 3.8) is 0 Å². The third kappa shape index (κ3) is 6.46. The average Bonchev–Trinajstić information content (AvgIpc) is 3.65. The molecule has 9 aromatic rings. The number of aryl methyl sites for hydroxylation is 4. The van der Waals surface area contributed by atoms with Gasteiger partial charge in [-0.3, -0.25) is 9.55 Å². The molecular weight excluding hydrogens is 683 g/mol. The molecule has 0 unspecified atom stereocenters. The SMILES string of the molecule is [2H]C([2H])([2H])c1cc(-c2ccccc2)ccc1-n1c(-c2cc(C)cc(C)c2O)nc2c(-c3cc(-c4ccccc4)cc(-c4cc(-c5ccc(C)cc5)ccn4)c3)cccc21. The van der Waals surface area contributed by atoms with Crippen LogP contribution in [0.15, 0.2) is 170 Å². The first-order chi connectivity index (χ1) is 28.5. The Hall–Kier alpha value is -7.04. The summed E-state index contributed by atoms with van der Waals surface area (Å²) in [6, 6.07) is 54.7. The van der Waals surface area contributed by atoms with Gasteiger partial charge < -0.3 is 5.11 Å². The fourth-order valence-electron chi connectivity index (χ4n) is 7.67. The molecular formula is C52H41N3O. The second-order valence-corrected chi connectivity index (χ2v) is 14.5. The quantitative estimate of drug-likeness (QED) is 0.178. The van der Waals surface area contributed by atoms with Gasteiger partial charge in [0.15, 0.2) is 0 Å². The van der Waals surface area contributed by atoms with Crippen LogP contribution in [0.2, 0.25) is 0 Å². The lowest BCUT2D eigenvalue weighted by molar-refractivity contribution is 0.472. The van der Waals surface area contributed by atoms with Crippen LogP contribution in [0.1, 0.15) is 26.4 Å². The molecule has 0 saturated heterocycles. The number of para-hydroxylation sites is 1. The summed E-state index contributed by atoms with van der Waals surface area (Å²) in [6.45, 7) is 3.47. The summed E-state index contributed by atoms with van der Waals surface area (Å²) in [6.07, 6.45) is 1.86. The Kier molecular flexibility index (Phi) is 8.01. The highest BCUT2D eigenvalue weighted by atomic mass is 16.3. The molecule has 0 aliphatic rings. The number of aromatic nitrogens is 3. The number of hydrogen-bond acceptors (Lipinski definition) is 3. The third-order valence-corrected chi connectivity index (χ3v) is 10.5. The van der Waals surface area contributed by atoms with E-state index >= 15 is 0 Å². The van der Waals surface area contributed by atoms with E-state index in [0.29, 0.717) is 33.7 Å². The van der Waals surface area contributed by atoms with Crippen molar-refractivity contribution in [2.45, 2.75) is 27.6 Å². The lowest BCUT2D eigenvalue weighted by Gasteiger charge is -2.16. The number of fused-ring (bicyclic) bond motifs is 1. The molecule has 0 saturated carbocycles. The van der Waals surface area contributed by atoms with Crippen molar-refractivity contribution in [3.05, 3.63) is 192 Å². The van der Waals surface area contributed by atoms with E-state index in [4.69, 9.17) is 14.1 Å². The Morgan fingerprint density at radius 2 is 1.16 bits per heavy atom. The summed E-state index contributed by atoms with van der Waals surface area (Å²) in [5.41, 5.74) is 14.9. The molecule has 56 heavy (non-hydrogen) atoms. The van der Waals surface area contributed by atoms with Gasteiger partial charge in [0.25, 0.3) is 0 Å². The first kappa shape index (κ1) is 31.3. The molecule has 4 nitrogen and oxygen atoms in total. The van der Waals surface area contributed by atoms with E-state index in [1.165, 1.54) is 5.56 Å². The number of pyridine rings is 1. The van der Waals surface area contributed by atoms with Gasteiger partial charge in [-0.1, -0.05) is 115 Å². The summed E-state index contributed by atoms with van der Waals surface area (Å²) < 4.78 is 28.2. The minimum Gasteiger partial charge on any atom is -0.507 e. The fraction of sp³-hybridized carbons (Fsp3) is 0.0769. The molecule has 0 spiro atoms. The van der Waals surface area contributed by atoms with Gasteiger partial charge in [0.05, 0.1) is 28.0 Å². The molecule has 2 heterocycles. The summed E-state index contributed by atoms with van der Waals surface area (Å²) in [5.74, 6) is 0.541. The Balaban J connectivity index is 1.31. The van der Waals surface area contributed by atoms with Gasteiger partial charge in [-0.05, 0) is 138 Å². The standard InChI is InChI=1S/C52H41N3O/c1-33-18-20-39(21-19-33)41-24-25-53-47(32-41)44-30-42(38-14-9-6-10-15-38)29-43(31-44)45-16-11-17-49-50(45)54-52(46-27-34(2)26-36(4)51(46)56)55(49)48-23-22-40(28-35(48)3)37-12-7-5-8-13-37/h5-32,56H,1-4H3/i3D3. The second-order valence-electron chi connectivity index (χ2n) is 14.5. The molecule has 2 aromatic heterocycles. The van der Waals surface area contributed by atoms with Crippen LogP contribution in [-0.2, 0) is 0 Å². The molecule has 270 valence electrons. The average molecular weight is 727 g/mol. The smallest absolute Gasteiger partial charge is 0.149 e. The Bertz CT molecular complexity index is 3010. The van der Waals surface area contributed by atoms with Gasteiger partial charge in [0.2, 0.25) is 0 Å². The molecule has 7 aromatic carbocycles. The van der Waals surface area contributed by atoms with Gasteiger partial charge in [-0.2, -0.15) is 0 Å². The number of nitrogens with zero attached hydrogens (tertiary/aromatic N) is 3. The number of phenols is 1. The van der Waals surface area contributed by atoms with Crippen molar-refractivity contribution in [2.24, 2.45) is 0 Å². The van der Waals surface area contributed by atoms with Crippen LogP contribution in [0.3, 0.4) is 0 Å². The van der Waals surface area contributed by atoms with E-state index < -0.39 is 6.85 Å². The van der Waals surface area contributed by atoms with Gasteiger partial charge in [-0.25, -0.2) is 4.98 Å². The van der Waals surface area contributed by atoms with Gasteiger partial charge in [0, 0.05) is 21.4 Å². The summed E-state index contributed by atoms with van der Waals surface area (Å²) in [7, 11) is 0. The number of hydrogen-bond donors (Lipinski definition) is 1. The predicted molar refractivity (Wildman–Crippen MR) is 232 cm³/mol. The Morgan fingerprint density at radius 1 is 0.500 bits per heavy atom. The third-order valence-electron chi connectivity index (χ3n) is 10.5. The van der Waals surface area contributed by atoms with E-state index in [2.05, 4.69) is 73.7 Å². The van der Waals surface area contributed by atoms with Gasteiger partial charge in [0.1, 0.15) is 11.6 Å². The van der Waals surface area contributed by atoms with Crippen LogP contribution >= 0.6 is 0 Å². The van der Waals surface area contributed by atoms with E-state index in [9.17, 15) is 5.11 Å². The largest absolute Gasteiger partial charge is 0.507 e. The highest BCUT2D eigenvalue weighted by Crippen LogP contribution is 2.41. The maximum absolute atomic E-state index is 11.7. The van der Waals surface area contributed by atoms with Gasteiger partial charge in [-0.15, -0.1) is 0 Å². The van der Waals surface area contributed by atoms with Crippen molar-refractivity contribution in [1.29, 1.82) is 0 Å². The normalized spacial score (nSPS) is 12.3. The molecule has 1 N–H and O–H groups in total. The zero-order chi connectivity index (χ0) is 40.8. The second kappa shape index (κ2) is 14.3. The maximum atomic E-state index is 11.7. The summed E-state index contributed by atoms with van der Waals surface area (Å²) in [5, 5.41) is 11.7. The maximum Gasteiger partial charge on any atom is 0.149 e. The summed E-state index contributed by atoms with van der Waals surface area (Å²) >= 11 is 0. The number of benzene rings is 7. The minimum absolute atomic E-state index is 0.0953. The zero-order valence-corrected chi connectivity index (χ0v) is 31.5. The van der Waals surface area contributed by atoms with Crippen LogP contribution in [0, 0.1) is 27.6 Å². The van der Waals surface area contributed by atoms with Crippen LogP contribution in [0.25, 0.3) is 83.9 Å². The van der Waals surface area contributed by atoms with Crippen molar-refractivity contribution in [2.75, 3.05) is 0 Å². The Labute approximate surface area is 332 Å². The lowest BCUT2D eigenvalue weighted by atomic mass is 9.93. The zero-order valence-electron chi connectivity index (χ0n) is 34.5. The van der Waals surface area contributed by atoms with Crippen LogP contribution in [-0.4, -0.2) is 19.6 Å². The molecule has 0 amide bonds. The molecule has 0 fully saturated rings. The highest BCUT2D eigenvalue weighted by Gasteiger charge is 2.22. The van der Waals surface area contributed by atoms with Crippen LogP contribution < -0.4 is 0 Å².